The number of non-ortho nitro benzene ring substituents is 1. The van der Waals surface area contributed by atoms with Crippen LogP contribution >= 0.6 is 12.2 Å². The zero-order valence-electron chi connectivity index (χ0n) is 10.8. The Labute approximate surface area is 119 Å². The Morgan fingerprint density at radius 3 is 2.75 bits per heavy atom. The fraction of sp³-hybridized carbons (Fsp3) is 0.167. The largest absolute Gasteiger partial charge is 0.333 e. The lowest BCUT2D eigenvalue weighted by molar-refractivity contribution is -0.384. The van der Waals surface area contributed by atoms with E-state index in [0.29, 0.717) is 21.8 Å². The number of nitro groups is 1. The van der Waals surface area contributed by atoms with Crippen LogP contribution in [0.4, 0.5) is 17.1 Å². The maximum atomic E-state index is 10.7. The Morgan fingerprint density at radius 1 is 1.35 bits per heavy atom. The smallest absolute Gasteiger partial charge is 0.271 e. The van der Waals surface area contributed by atoms with E-state index < -0.39 is 4.92 Å². The van der Waals surface area contributed by atoms with Crippen LogP contribution in [0.25, 0.3) is 0 Å². The van der Waals surface area contributed by atoms with Gasteiger partial charge in [-0.25, -0.2) is 4.98 Å². The molecule has 0 aliphatic heterocycles. The normalized spacial score (nSPS) is 10.9. The molecule has 0 amide bonds. The number of azo groups is 1. The molecule has 2 aromatic rings. The molecule has 0 aliphatic rings. The molecule has 0 bridgehead atoms. The van der Waals surface area contributed by atoms with Gasteiger partial charge in [0.1, 0.15) is 5.69 Å². The highest BCUT2D eigenvalue weighted by molar-refractivity contribution is 7.71. The van der Waals surface area contributed by atoms with E-state index in [2.05, 4.69) is 20.2 Å². The Hall–Kier alpha value is -2.48. The van der Waals surface area contributed by atoms with Crippen molar-refractivity contribution in [2.75, 3.05) is 0 Å². The molecule has 0 aliphatic carbocycles. The molecule has 1 aromatic carbocycles. The van der Waals surface area contributed by atoms with Crippen LogP contribution in [0.1, 0.15) is 11.4 Å². The topological polar surface area (TPSA) is 96.5 Å². The highest BCUT2D eigenvalue weighted by atomic mass is 32.1. The second-order valence-corrected chi connectivity index (χ2v) is 4.46. The van der Waals surface area contributed by atoms with E-state index in [0.717, 1.165) is 5.69 Å². The molecule has 20 heavy (non-hydrogen) atoms. The first-order valence-electron chi connectivity index (χ1n) is 5.71. The van der Waals surface area contributed by atoms with Gasteiger partial charge in [-0.2, -0.15) is 5.11 Å². The number of rotatable bonds is 3. The Kier molecular flexibility index (Phi) is 3.94. The molecular weight excluding hydrogens is 278 g/mol. The fourth-order valence-electron chi connectivity index (χ4n) is 1.65. The number of nitrogens with one attached hydrogen (secondary N) is 1. The predicted molar refractivity (Wildman–Crippen MR) is 76.2 cm³/mol. The molecule has 1 aromatic heterocycles. The van der Waals surface area contributed by atoms with Crippen molar-refractivity contribution >= 4 is 29.3 Å². The highest BCUT2D eigenvalue weighted by Gasteiger charge is 2.06. The summed E-state index contributed by atoms with van der Waals surface area (Å²) >= 11 is 4.96. The van der Waals surface area contributed by atoms with Gasteiger partial charge in [0.2, 0.25) is 0 Å². The molecule has 0 saturated heterocycles. The number of nitro benzene ring substituents is 1. The maximum absolute atomic E-state index is 10.7. The number of nitrogens with zero attached hydrogens (tertiary/aromatic N) is 4. The molecule has 0 fully saturated rings. The molecule has 102 valence electrons. The second kappa shape index (κ2) is 5.66. The van der Waals surface area contributed by atoms with Gasteiger partial charge in [0.15, 0.2) is 4.77 Å². The van der Waals surface area contributed by atoms with E-state index in [-0.39, 0.29) is 5.69 Å². The number of hydrogen-bond acceptors (Lipinski definition) is 6. The van der Waals surface area contributed by atoms with E-state index in [1.54, 1.807) is 19.1 Å². The molecule has 0 atom stereocenters. The quantitative estimate of drug-likeness (QED) is 0.398. The summed E-state index contributed by atoms with van der Waals surface area (Å²) in [7, 11) is 0. The second-order valence-electron chi connectivity index (χ2n) is 4.08. The van der Waals surface area contributed by atoms with Crippen LogP contribution in [0.3, 0.4) is 0 Å². The average Bonchev–Trinajstić information content (AvgIpc) is 2.37. The molecule has 0 unspecified atom stereocenters. The van der Waals surface area contributed by atoms with Gasteiger partial charge in [-0.05, 0) is 32.1 Å². The third kappa shape index (κ3) is 3.09. The van der Waals surface area contributed by atoms with Crippen LogP contribution in [0.5, 0.6) is 0 Å². The third-order valence-corrected chi connectivity index (χ3v) is 2.76. The Bertz CT molecular complexity index is 728. The summed E-state index contributed by atoms with van der Waals surface area (Å²) in [6, 6.07) is 5.95. The number of H-pyrrole nitrogens is 1. The van der Waals surface area contributed by atoms with Gasteiger partial charge < -0.3 is 4.98 Å². The SMILES string of the molecule is Cc1nc(=S)[nH]c(C)c1N=Nc1cccc([N+](=O)[O-])c1. The first kappa shape index (κ1) is 13.9. The minimum Gasteiger partial charge on any atom is -0.333 e. The van der Waals surface area contributed by atoms with Gasteiger partial charge >= 0.3 is 0 Å². The maximum Gasteiger partial charge on any atom is 0.271 e. The van der Waals surface area contributed by atoms with Crippen molar-refractivity contribution in [3.63, 3.8) is 0 Å². The van der Waals surface area contributed by atoms with Crippen LogP contribution in [-0.2, 0) is 0 Å². The van der Waals surface area contributed by atoms with Crippen LogP contribution in [0.2, 0.25) is 0 Å². The van der Waals surface area contributed by atoms with Crippen LogP contribution in [-0.4, -0.2) is 14.9 Å². The van der Waals surface area contributed by atoms with Crippen molar-refractivity contribution in [2.24, 2.45) is 10.2 Å². The Morgan fingerprint density at radius 2 is 2.10 bits per heavy atom. The fourth-order valence-corrected chi connectivity index (χ4v) is 1.94. The number of aromatic nitrogens is 2. The summed E-state index contributed by atoms with van der Waals surface area (Å²) in [6.45, 7) is 3.59. The first-order chi connectivity index (χ1) is 9.47. The van der Waals surface area contributed by atoms with Gasteiger partial charge in [-0.1, -0.05) is 6.07 Å². The standard InChI is InChI=1S/C12H11N5O2S/c1-7-11(8(2)14-12(20)13-7)16-15-9-4-3-5-10(6-9)17(18)19/h3-6H,1-2H3,(H,13,14,20). The van der Waals surface area contributed by atoms with E-state index in [4.69, 9.17) is 12.2 Å². The lowest BCUT2D eigenvalue weighted by Gasteiger charge is -2.02. The number of aromatic amines is 1. The lowest BCUT2D eigenvalue weighted by Crippen LogP contribution is -1.91. The van der Waals surface area contributed by atoms with Crippen LogP contribution in [0, 0.1) is 28.7 Å². The van der Waals surface area contributed by atoms with Crippen molar-refractivity contribution < 1.29 is 4.92 Å². The zero-order valence-corrected chi connectivity index (χ0v) is 11.6. The van der Waals surface area contributed by atoms with Gasteiger partial charge in [-0.3, -0.25) is 10.1 Å². The Balaban J connectivity index is 2.37. The molecule has 0 spiro atoms. The minimum atomic E-state index is -0.475. The molecule has 1 N–H and O–H groups in total. The predicted octanol–water partition coefficient (Wildman–Crippen LogP) is 4.08. The van der Waals surface area contributed by atoms with E-state index in [9.17, 15) is 10.1 Å². The first-order valence-corrected chi connectivity index (χ1v) is 6.12. The molecular formula is C12H11N5O2S. The number of aryl methyl sites for hydroxylation is 2. The lowest BCUT2D eigenvalue weighted by atomic mass is 10.3. The van der Waals surface area contributed by atoms with Gasteiger partial charge in [0.25, 0.3) is 5.69 Å². The van der Waals surface area contributed by atoms with Crippen LogP contribution < -0.4 is 0 Å². The summed E-state index contributed by atoms with van der Waals surface area (Å²) in [5.41, 5.74) is 2.35. The van der Waals surface area contributed by atoms with Crippen molar-refractivity contribution in [2.45, 2.75) is 13.8 Å². The monoisotopic (exact) mass is 289 g/mol. The van der Waals surface area contributed by atoms with Crippen LogP contribution in [0.15, 0.2) is 34.5 Å². The van der Waals surface area contributed by atoms with Gasteiger partial charge in [-0.15, -0.1) is 5.11 Å². The third-order valence-electron chi connectivity index (χ3n) is 2.57. The van der Waals surface area contributed by atoms with Gasteiger partial charge in [0.05, 0.1) is 16.3 Å². The molecule has 0 radical (unpaired) electrons. The van der Waals surface area contributed by atoms with Gasteiger partial charge in [0, 0.05) is 17.8 Å². The summed E-state index contributed by atoms with van der Waals surface area (Å²) in [5.74, 6) is 0. The van der Waals surface area contributed by atoms with Crippen molar-refractivity contribution in [1.82, 2.24) is 9.97 Å². The van der Waals surface area contributed by atoms with E-state index in [1.165, 1.54) is 12.1 Å². The number of hydrogen-bond donors (Lipinski definition) is 1. The summed E-state index contributed by atoms with van der Waals surface area (Å²) in [5, 5.41) is 18.8. The molecule has 2 rings (SSSR count). The molecule has 8 heteroatoms. The average molecular weight is 289 g/mol. The van der Waals surface area contributed by atoms with E-state index >= 15 is 0 Å². The number of benzene rings is 1. The molecule has 0 saturated carbocycles. The van der Waals surface area contributed by atoms with Crippen molar-refractivity contribution in [3.8, 4) is 0 Å². The van der Waals surface area contributed by atoms with E-state index in [1.807, 2.05) is 6.92 Å². The molecule has 1 heterocycles. The zero-order chi connectivity index (χ0) is 14.7. The molecule has 7 nitrogen and oxygen atoms in total. The van der Waals surface area contributed by atoms with Crippen molar-refractivity contribution in [3.05, 3.63) is 50.5 Å². The highest BCUT2D eigenvalue weighted by Crippen LogP contribution is 2.25. The summed E-state index contributed by atoms with van der Waals surface area (Å²) in [4.78, 5) is 17.2. The summed E-state index contributed by atoms with van der Waals surface area (Å²) < 4.78 is 0.384. The van der Waals surface area contributed by atoms with Crippen molar-refractivity contribution in [1.29, 1.82) is 0 Å². The minimum absolute atomic E-state index is 0.0273. The summed E-state index contributed by atoms with van der Waals surface area (Å²) in [6.07, 6.45) is 0.